The molecular formula is C12H23LiO2. The summed E-state index contributed by atoms with van der Waals surface area (Å²) >= 11 is 2.19. The van der Waals surface area contributed by atoms with Crippen molar-refractivity contribution in [2.24, 2.45) is 0 Å². The SMILES string of the molecule is [Li][CH2]C/C=C/CCOCOCCCCC. The van der Waals surface area contributed by atoms with Gasteiger partial charge >= 0.3 is 90.1 Å². The molecule has 0 unspecified atom stereocenters. The van der Waals surface area contributed by atoms with Gasteiger partial charge in [0.1, 0.15) is 0 Å². The van der Waals surface area contributed by atoms with Gasteiger partial charge in [-0.2, -0.15) is 0 Å². The van der Waals surface area contributed by atoms with Gasteiger partial charge in [0.15, 0.2) is 0 Å². The molecular weight excluding hydrogens is 183 g/mol. The van der Waals surface area contributed by atoms with Crippen LogP contribution in [0.15, 0.2) is 12.2 Å². The summed E-state index contributed by atoms with van der Waals surface area (Å²) in [4.78, 5) is 0. The second-order valence-electron chi connectivity index (χ2n) is 3.69. The Morgan fingerprint density at radius 3 is 2.47 bits per heavy atom. The van der Waals surface area contributed by atoms with E-state index in [1.54, 1.807) is 0 Å². The molecule has 0 fully saturated rings. The third-order valence-electron chi connectivity index (χ3n) is 2.11. The van der Waals surface area contributed by atoms with E-state index in [2.05, 4.69) is 36.8 Å². The standard InChI is InChI=1S/C12H23O2.Li/c1-3-5-7-9-11-14-12-13-10-8-6-4-2;/h5,7H,1,3-4,6,8-12H2,2H3;/b7-5+;. The molecule has 84 valence electrons. The van der Waals surface area contributed by atoms with Crippen LogP contribution in [0.1, 0.15) is 39.0 Å². The Morgan fingerprint density at radius 2 is 1.73 bits per heavy atom. The van der Waals surface area contributed by atoms with Crippen LogP contribution in [0.25, 0.3) is 0 Å². The first-order valence-corrected chi connectivity index (χ1v) is 6.22. The Balaban J connectivity index is 2.92. The number of hydrogen-bond acceptors (Lipinski definition) is 2. The average Bonchev–Trinajstić information content (AvgIpc) is 2.26. The zero-order valence-corrected chi connectivity index (χ0v) is 10.3. The summed E-state index contributed by atoms with van der Waals surface area (Å²) in [6.45, 7) is 4.25. The zero-order chi connectivity index (χ0) is 11.2. The van der Waals surface area contributed by atoms with Crippen LogP contribution >= 0.6 is 0 Å². The van der Waals surface area contributed by atoms with Crippen LogP contribution in [-0.2, 0) is 9.47 Å². The third kappa shape index (κ3) is 14.3. The molecule has 3 heteroatoms. The predicted octanol–water partition coefficient (Wildman–Crippen LogP) is 3.09. The van der Waals surface area contributed by atoms with E-state index < -0.39 is 0 Å². The van der Waals surface area contributed by atoms with E-state index in [1.165, 1.54) is 24.4 Å². The van der Waals surface area contributed by atoms with Crippen LogP contribution < -0.4 is 0 Å². The molecule has 0 aliphatic rings. The molecule has 0 aromatic rings. The molecule has 0 heterocycles. The molecule has 0 spiro atoms. The van der Waals surface area contributed by atoms with Gasteiger partial charge in [0, 0.05) is 0 Å². The molecule has 0 aromatic heterocycles. The minimum absolute atomic E-state index is 0.450. The van der Waals surface area contributed by atoms with E-state index in [-0.39, 0.29) is 0 Å². The summed E-state index contributed by atoms with van der Waals surface area (Å²) in [5.41, 5.74) is 0. The van der Waals surface area contributed by atoms with Crippen molar-refractivity contribution in [1.29, 1.82) is 0 Å². The van der Waals surface area contributed by atoms with Gasteiger partial charge in [-0.1, -0.05) is 13.3 Å². The van der Waals surface area contributed by atoms with Crippen molar-refractivity contribution in [2.45, 2.75) is 44.1 Å². The van der Waals surface area contributed by atoms with Crippen LogP contribution in [0, 0.1) is 0 Å². The van der Waals surface area contributed by atoms with Gasteiger partial charge < -0.3 is 0 Å². The molecule has 15 heavy (non-hydrogen) atoms. The van der Waals surface area contributed by atoms with Crippen molar-refractivity contribution in [3.63, 3.8) is 0 Å². The average molecular weight is 206 g/mol. The van der Waals surface area contributed by atoms with Gasteiger partial charge in [0.05, 0.1) is 0 Å². The second kappa shape index (κ2) is 14.3. The van der Waals surface area contributed by atoms with E-state index in [1.807, 2.05) is 0 Å². The van der Waals surface area contributed by atoms with Crippen LogP contribution in [0.2, 0.25) is 5.09 Å². The van der Waals surface area contributed by atoms with Crippen molar-refractivity contribution in [2.75, 3.05) is 20.0 Å². The summed E-state index contributed by atoms with van der Waals surface area (Å²) in [6.07, 6.45) is 10.2. The van der Waals surface area contributed by atoms with Crippen LogP contribution in [0.3, 0.4) is 0 Å². The summed E-state index contributed by atoms with van der Waals surface area (Å²) in [6, 6.07) is 0. The Kier molecular flexibility index (Phi) is 14.5. The molecule has 0 rings (SSSR count). The first kappa shape index (κ1) is 15.3. The molecule has 0 aliphatic heterocycles. The number of allylic oxidation sites excluding steroid dienone is 1. The van der Waals surface area contributed by atoms with Crippen LogP contribution in [0.5, 0.6) is 0 Å². The van der Waals surface area contributed by atoms with E-state index in [0.29, 0.717) is 6.79 Å². The smallest absolute Gasteiger partial charge is 0.0654 e. The predicted molar refractivity (Wildman–Crippen MR) is 65.2 cm³/mol. The minimum atomic E-state index is 0.450. The molecule has 0 aromatic carbocycles. The molecule has 0 saturated heterocycles. The van der Waals surface area contributed by atoms with Crippen molar-refractivity contribution in [3.8, 4) is 0 Å². The third-order valence-corrected chi connectivity index (χ3v) is 2.11. The number of unbranched alkanes of at least 4 members (excludes halogenated alkanes) is 2. The second-order valence-corrected chi connectivity index (χ2v) is 3.69. The van der Waals surface area contributed by atoms with Crippen molar-refractivity contribution < 1.29 is 9.47 Å². The maximum atomic E-state index is 5.32. The van der Waals surface area contributed by atoms with E-state index in [0.717, 1.165) is 26.1 Å². The fraction of sp³-hybridized carbons (Fsp3) is 0.833. The summed E-state index contributed by atoms with van der Waals surface area (Å²) in [5.74, 6) is 0. The molecule has 0 atom stereocenters. The molecule has 0 amide bonds. The Labute approximate surface area is 104 Å². The molecule has 0 N–H and O–H groups in total. The maximum absolute atomic E-state index is 5.32. The van der Waals surface area contributed by atoms with Gasteiger partial charge in [0.25, 0.3) is 0 Å². The number of ether oxygens (including phenoxy) is 2. The Morgan fingerprint density at radius 1 is 1.00 bits per heavy atom. The topological polar surface area (TPSA) is 18.5 Å². The molecule has 2 nitrogen and oxygen atoms in total. The van der Waals surface area contributed by atoms with Gasteiger partial charge in [-0.3, -0.25) is 0 Å². The van der Waals surface area contributed by atoms with Crippen molar-refractivity contribution in [3.05, 3.63) is 12.2 Å². The zero-order valence-electron chi connectivity index (χ0n) is 10.3. The normalized spacial score (nSPS) is 11.4. The van der Waals surface area contributed by atoms with Gasteiger partial charge in [-0.25, -0.2) is 0 Å². The van der Waals surface area contributed by atoms with Gasteiger partial charge in [0.2, 0.25) is 0 Å². The fourth-order valence-corrected chi connectivity index (χ4v) is 1.18. The van der Waals surface area contributed by atoms with E-state index in [4.69, 9.17) is 9.47 Å². The Hall–Kier alpha value is 0.257. The van der Waals surface area contributed by atoms with Gasteiger partial charge in [-0.15, -0.1) is 0 Å². The minimum Gasteiger partial charge on any atom is -0.0654 e. The summed E-state index contributed by atoms with van der Waals surface area (Å²) < 4.78 is 10.6. The van der Waals surface area contributed by atoms with Gasteiger partial charge in [-0.05, 0) is 0 Å². The molecule has 0 aliphatic carbocycles. The number of hydrogen-bond donors (Lipinski definition) is 0. The van der Waals surface area contributed by atoms with Crippen LogP contribution in [0.4, 0.5) is 0 Å². The van der Waals surface area contributed by atoms with Crippen molar-refractivity contribution >= 4 is 17.7 Å². The first-order valence-electron chi connectivity index (χ1n) is 6.22. The quantitative estimate of drug-likeness (QED) is 0.224. The monoisotopic (exact) mass is 206 g/mol. The van der Waals surface area contributed by atoms with E-state index >= 15 is 0 Å². The Bertz CT molecular complexity index is 138. The van der Waals surface area contributed by atoms with E-state index in [9.17, 15) is 0 Å². The number of rotatable bonds is 11. The van der Waals surface area contributed by atoms with Crippen LogP contribution in [-0.4, -0.2) is 37.7 Å². The molecule has 0 radical (unpaired) electrons. The first-order chi connectivity index (χ1) is 7.41. The molecule has 0 saturated carbocycles. The summed E-state index contributed by atoms with van der Waals surface area (Å²) in [7, 11) is 0. The van der Waals surface area contributed by atoms with Crippen molar-refractivity contribution in [1.82, 2.24) is 0 Å². The fourth-order valence-electron chi connectivity index (χ4n) is 1.18. The summed E-state index contributed by atoms with van der Waals surface area (Å²) in [5, 5.41) is 1.22. The molecule has 0 bridgehead atoms.